The number of nitro groups is 1. The number of halogens is 1. The van der Waals surface area contributed by atoms with Crippen LogP contribution in [0.5, 0.6) is 11.5 Å². The van der Waals surface area contributed by atoms with Crippen molar-refractivity contribution in [2.24, 2.45) is 4.99 Å². The van der Waals surface area contributed by atoms with Gasteiger partial charge in [0.2, 0.25) is 5.90 Å². The maximum Gasteiger partial charge on any atom is 0.363 e. The highest BCUT2D eigenvalue weighted by Crippen LogP contribution is 2.31. The van der Waals surface area contributed by atoms with Crippen LogP contribution in [0.25, 0.3) is 6.08 Å². The highest BCUT2D eigenvalue weighted by atomic mass is 35.5. The van der Waals surface area contributed by atoms with Crippen molar-refractivity contribution < 1.29 is 28.7 Å². The molecule has 0 aromatic heterocycles. The van der Waals surface area contributed by atoms with E-state index in [2.05, 4.69) is 4.99 Å². The van der Waals surface area contributed by atoms with Gasteiger partial charge in [-0.05, 0) is 36.8 Å². The number of hydrogen-bond acceptors (Lipinski definition) is 8. The van der Waals surface area contributed by atoms with Gasteiger partial charge >= 0.3 is 11.9 Å². The molecule has 154 valence electrons. The Balaban J connectivity index is 1.93. The van der Waals surface area contributed by atoms with Crippen molar-refractivity contribution in [2.45, 2.75) is 13.8 Å². The molecule has 2 aromatic carbocycles. The van der Waals surface area contributed by atoms with Crippen LogP contribution in [0.1, 0.15) is 25.0 Å². The maximum atomic E-state index is 12.2. The van der Waals surface area contributed by atoms with Crippen molar-refractivity contribution in [3.8, 4) is 11.5 Å². The average molecular weight is 431 g/mol. The van der Waals surface area contributed by atoms with Crippen molar-refractivity contribution in [1.29, 1.82) is 0 Å². The van der Waals surface area contributed by atoms with Crippen LogP contribution in [-0.2, 0) is 14.3 Å². The van der Waals surface area contributed by atoms with E-state index in [0.717, 1.165) is 6.07 Å². The van der Waals surface area contributed by atoms with Gasteiger partial charge in [0.25, 0.3) is 5.69 Å². The molecule has 0 amide bonds. The lowest BCUT2D eigenvalue weighted by Gasteiger charge is -2.10. The normalized spacial score (nSPS) is 14.3. The molecular formula is C20H15ClN2O7. The van der Waals surface area contributed by atoms with Crippen molar-refractivity contribution in [3.05, 3.63) is 68.4 Å². The zero-order chi connectivity index (χ0) is 21.8. The molecule has 0 atom stereocenters. The fourth-order valence-corrected chi connectivity index (χ4v) is 2.85. The third-order valence-electron chi connectivity index (χ3n) is 3.84. The van der Waals surface area contributed by atoms with E-state index >= 15 is 0 Å². The summed E-state index contributed by atoms with van der Waals surface area (Å²) in [6, 6.07) is 8.49. The van der Waals surface area contributed by atoms with E-state index in [9.17, 15) is 19.7 Å². The van der Waals surface area contributed by atoms with Gasteiger partial charge in [0.05, 0.1) is 22.1 Å². The van der Waals surface area contributed by atoms with Gasteiger partial charge in [-0.15, -0.1) is 0 Å². The highest BCUT2D eigenvalue weighted by molar-refractivity contribution is 6.34. The Labute approximate surface area is 175 Å². The number of non-ortho nitro benzene ring substituents is 1. The molecule has 0 aliphatic carbocycles. The Kier molecular flexibility index (Phi) is 6.12. The monoisotopic (exact) mass is 430 g/mol. The van der Waals surface area contributed by atoms with Gasteiger partial charge in [-0.2, -0.15) is 0 Å². The van der Waals surface area contributed by atoms with Gasteiger partial charge in [0.15, 0.2) is 17.2 Å². The number of benzene rings is 2. The number of nitro benzene ring substituents is 1. The van der Waals surface area contributed by atoms with E-state index in [4.69, 9.17) is 25.8 Å². The third kappa shape index (κ3) is 4.64. The molecule has 0 spiro atoms. The molecule has 0 saturated carbocycles. The molecular weight excluding hydrogens is 416 g/mol. The van der Waals surface area contributed by atoms with Gasteiger partial charge in [0, 0.05) is 19.1 Å². The summed E-state index contributed by atoms with van der Waals surface area (Å²) < 4.78 is 15.7. The summed E-state index contributed by atoms with van der Waals surface area (Å²) in [6.45, 7) is 3.40. The Bertz CT molecular complexity index is 1110. The van der Waals surface area contributed by atoms with Gasteiger partial charge in [0.1, 0.15) is 0 Å². The summed E-state index contributed by atoms with van der Waals surface area (Å²) >= 11 is 6.07. The van der Waals surface area contributed by atoms with Crippen LogP contribution < -0.4 is 9.47 Å². The Morgan fingerprint density at radius 2 is 2.03 bits per heavy atom. The van der Waals surface area contributed by atoms with E-state index in [1.807, 2.05) is 0 Å². The van der Waals surface area contributed by atoms with Gasteiger partial charge in [-0.25, -0.2) is 9.79 Å². The van der Waals surface area contributed by atoms with Crippen molar-refractivity contribution in [2.75, 3.05) is 6.61 Å². The lowest BCUT2D eigenvalue weighted by Crippen LogP contribution is -2.06. The van der Waals surface area contributed by atoms with E-state index in [0.29, 0.717) is 17.9 Å². The number of aliphatic imine (C=N–C) groups is 1. The standard InChI is InChI=1S/C20H15ClN2O7/c1-3-28-18-9-12(4-7-17(18)29-11(2)24)8-16-20(25)30-19(22-16)14-6-5-13(23(26)27)10-15(14)21/h4-10H,3H2,1-2H3/b16-8-. The quantitative estimate of drug-likeness (QED) is 0.224. The molecule has 10 heteroatoms. The predicted molar refractivity (Wildman–Crippen MR) is 108 cm³/mol. The van der Waals surface area contributed by atoms with Crippen molar-refractivity contribution in [1.82, 2.24) is 0 Å². The van der Waals surface area contributed by atoms with E-state index in [-0.39, 0.29) is 33.6 Å². The molecule has 9 nitrogen and oxygen atoms in total. The molecule has 0 unspecified atom stereocenters. The van der Waals surface area contributed by atoms with Gasteiger partial charge < -0.3 is 14.2 Å². The van der Waals surface area contributed by atoms with Gasteiger partial charge in [-0.1, -0.05) is 17.7 Å². The SMILES string of the molecule is CCOc1cc(/C=C2\N=C(c3ccc([N+](=O)[O-])cc3Cl)OC2=O)ccc1OC(C)=O. The molecule has 0 fully saturated rings. The molecule has 3 rings (SSSR count). The number of carbonyl (C=O) groups is 2. The minimum absolute atomic E-state index is 0.00195. The fraction of sp³-hybridized carbons (Fsp3) is 0.150. The lowest BCUT2D eigenvalue weighted by molar-refractivity contribution is -0.384. The van der Waals surface area contributed by atoms with E-state index in [1.165, 1.54) is 31.2 Å². The average Bonchev–Trinajstić information content (AvgIpc) is 3.03. The van der Waals surface area contributed by atoms with Crippen molar-refractivity contribution in [3.63, 3.8) is 0 Å². The topological polar surface area (TPSA) is 117 Å². The summed E-state index contributed by atoms with van der Waals surface area (Å²) in [5.74, 6) is -0.678. The second-order valence-corrected chi connectivity index (χ2v) is 6.40. The van der Waals surface area contributed by atoms with E-state index in [1.54, 1.807) is 19.1 Å². The highest BCUT2D eigenvalue weighted by Gasteiger charge is 2.26. The number of rotatable bonds is 6. The predicted octanol–water partition coefficient (Wildman–Crippen LogP) is 3.92. The van der Waals surface area contributed by atoms with Crippen molar-refractivity contribution >= 4 is 41.2 Å². The molecule has 0 bridgehead atoms. The third-order valence-corrected chi connectivity index (χ3v) is 4.15. The minimum atomic E-state index is -0.707. The minimum Gasteiger partial charge on any atom is -0.490 e. The second kappa shape index (κ2) is 8.75. The lowest BCUT2D eigenvalue weighted by atomic mass is 10.1. The fourth-order valence-electron chi connectivity index (χ4n) is 2.60. The molecule has 0 saturated heterocycles. The largest absolute Gasteiger partial charge is 0.490 e. The maximum absolute atomic E-state index is 12.2. The van der Waals surface area contributed by atoms with Crippen LogP contribution in [0.3, 0.4) is 0 Å². The molecule has 1 heterocycles. The number of hydrogen-bond donors (Lipinski definition) is 0. The molecule has 0 N–H and O–H groups in total. The smallest absolute Gasteiger partial charge is 0.363 e. The Morgan fingerprint density at radius 3 is 2.67 bits per heavy atom. The van der Waals surface area contributed by atoms with Crippen LogP contribution in [0.15, 0.2) is 47.1 Å². The number of nitrogens with zero attached hydrogens (tertiary/aromatic N) is 2. The molecule has 30 heavy (non-hydrogen) atoms. The molecule has 2 aromatic rings. The number of cyclic esters (lactones) is 1. The number of ether oxygens (including phenoxy) is 3. The summed E-state index contributed by atoms with van der Waals surface area (Å²) in [7, 11) is 0. The second-order valence-electron chi connectivity index (χ2n) is 5.99. The zero-order valence-electron chi connectivity index (χ0n) is 15.9. The number of carbonyl (C=O) groups excluding carboxylic acids is 2. The Morgan fingerprint density at radius 1 is 1.27 bits per heavy atom. The summed E-state index contributed by atoms with van der Waals surface area (Å²) in [5, 5.41) is 10.9. The zero-order valence-corrected chi connectivity index (χ0v) is 16.6. The van der Waals surface area contributed by atoms with Crippen LogP contribution in [0.4, 0.5) is 5.69 Å². The van der Waals surface area contributed by atoms with E-state index < -0.39 is 16.9 Å². The first kappa shape index (κ1) is 21.0. The van der Waals surface area contributed by atoms with Crippen LogP contribution in [0, 0.1) is 10.1 Å². The van der Waals surface area contributed by atoms with Crippen LogP contribution >= 0.6 is 11.6 Å². The summed E-state index contributed by atoms with van der Waals surface area (Å²) in [4.78, 5) is 37.8. The molecule has 1 aliphatic heterocycles. The van der Waals surface area contributed by atoms with Crippen LogP contribution in [-0.4, -0.2) is 29.4 Å². The first-order valence-corrected chi connectivity index (χ1v) is 9.08. The van der Waals surface area contributed by atoms with Crippen LogP contribution in [0.2, 0.25) is 5.02 Å². The summed E-state index contributed by atoms with van der Waals surface area (Å²) in [5.41, 5.74) is 0.614. The Hall–Kier alpha value is -3.72. The first-order valence-electron chi connectivity index (χ1n) is 8.70. The molecule has 1 aliphatic rings. The summed E-state index contributed by atoms with van der Waals surface area (Å²) in [6.07, 6.45) is 1.47. The number of esters is 2. The first-order chi connectivity index (χ1) is 14.3. The molecule has 0 radical (unpaired) electrons. The van der Waals surface area contributed by atoms with Gasteiger partial charge in [-0.3, -0.25) is 14.9 Å².